The van der Waals surface area contributed by atoms with Crippen LogP contribution in [0.2, 0.25) is 0 Å². The number of carbonyl (C=O) groups is 1. The van der Waals surface area contributed by atoms with Crippen molar-refractivity contribution in [2.45, 2.75) is 25.7 Å². The minimum Gasteiger partial charge on any atom is -0.494 e. The van der Waals surface area contributed by atoms with E-state index in [0.29, 0.717) is 12.5 Å². The van der Waals surface area contributed by atoms with Gasteiger partial charge in [0.1, 0.15) is 5.75 Å². The normalized spacial score (nSPS) is 16.8. The fraction of sp³-hybridized carbons (Fsp3) is 0.462. The zero-order chi connectivity index (χ0) is 11.5. The molecule has 3 nitrogen and oxygen atoms in total. The predicted octanol–water partition coefficient (Wildman–Crippen LogP) is 2.66. The summed E-state index contributed by atoms with van der Waals surface area (Å²) in [6.07, 6.45) is 2.06. The summed E-state index contributed by atoms with van der Waals surface area (Å²) < 4.78 is 5.33. The van der Waals surface area contributed by atoms with Gasteiger partial charge in [0.25, 0.3) is 0 Å². The fourth-order valence-corrected chi connectivity index (χ4v) is 1.98. The molecule has 16 heavy (non-hydrogen) atoms. The van der Waals surface area contributed by atoms with Crippen molar-refractivity contribution in [1.29, 1.82) is 0 Å². The molecule has 2 rings (SSSR count). The van der Waals surface area contributed by atoms with Crippen LogP contribution in [-0.2, 0) is 4.79 Å². The minimum absolute atomic E-state index is 0.329. The molecule has 86 valence electrons. The summed E-state index contributed by atoms with van der Waals surface area (Å²) >= 11 is 0. The first-order valence-electron chi connectivity index (χ1n) is 5.68. The first-order valence-corrected chi connectivity index (χ1v) is 5.68. The second-order valence-corrected chi connectivity index (χ2v) is 4.16. The maximum absolute atomic E-state index is 11.2. The van der Waals surface area contributed by atoms with Crippen molar-refractivity contribution in [3.63, 3.8) is 0 Å². The summed E-state index contributed by atoms with van der Waals surface area (Å²) in [5.41, 5.74) is 0.887. The Morgan fingerprint density at radius 2 is 2.06 bits per heavy atom. The van der Waals surface area contributed by atoms with E-state index in [1.165, 1.54) is 0 Å². The molecule has 1 unspecified atom stereocenters. The van der Waals surface area contributed by atoms with E-state index in [1.54, 1.807) is 0 Å². The smallest absolute Gasteiger partial charge is 0.311 e. The lowest BCUT2D eigenvalue weighted by molar-refractivity contribution is -0.139. The van der Waals surface area contributed by atoms with E-state index in [4.69, 9.17) is 4.74 Å². The number of hydrogen-bond acceptors (Lipinski definition) is 2. The molecule has 1 fully saturated rings. The van der Waals surface area contributed by atoms with Gasteiger partial charge in [0, 0.05) is 0 Å². The van der Waals surface area contributed by atoms with E-state index in [0.717, 1.165) is 24.2 Å². The largest absolute Gasteiger partial charge is 0.494 e. The van der Waals surface area contributed by atoms with Crippen LogP contribution in [0.3, 0.4) is 0 Å². The molecule has 0 spiro atoms. The monoisotopic (exact) mass is 220 g/mol. The number of hydrogen-bond donors (Lipinski definition) is 1. The number of carboxylic acids is 1. The Bertz CT molecular complexity index is 365. The third-order valence-electron chi connectivity index (χ3n) is 2.91. The first-order chi connectivity index (χ1) is 7.72. The zero-order valence-corrected chi connectivity index (χ0v) is 9.35. The van der Waals surface area contributed by atoms with Crippen LogP contribution in [0.4, 0.5) is 0 Å². The van der Waals surface area contributed by atoms with Gasteiger partial charge in [-0.1, -0.05) is 12.1 Å². The molecule has 0 heterocycles. The second kappa shape index (κ2) is 4.56. The minimum atomic E-state index is -0.716. The summed E-state index contributed by atoms with van der Waals surface area (Å²) in [6.45, 7) is 2.56. The zero-order valence-electron chi connectivity index (χ0n) is 9.35. The number of ether oxygens (including phenoxy) is 1. The maximum atomic E-state index is 11.2. The number of benzene rings is 1. The molecular formula is C13H16O3. The predicted molar refractivity (Wildman–Crippen MR) is 60.7 cm³/mol. The Hall–Kier alpha value is -1.51. The van der Waals surface area contributed by atoms with E-state index in [9.17, 15) is 9.90 Å². The van der Waals surface area contributed by atoms with Gasteiger partial charge in [-0.05, 0) is 43.4 Å². The van der Waals surface area contributed by atoms with Crippen LogP contribution in [0.1, 0.15) is 31.2 Å². The van der Waals surface area contributed by atoms with Gasteiger partial charge >= 0.3 is 5.97 Å². The Labute approximate surface area is 95.0 Å². The van der Waals surface area contributed by atoms with Crippen LogP contribution in [0.15, 0.2) is 24.3 Å². The van der Waals surface area contributed by atoms with E-state index in [2.05, 4.69) is 0 Å². The van der Waals surface area contributed by atoms with Crippen LogP contribution in [0.25, 0.3) is 0 Å². The van der Waals surface area contributed by atoms with Crippen LogP contribution < -0.4 is 4.74 Å². The molecular weight excluding hydrogens is 204 g/mol. The average molecular weight is 220 g/mol. The number of rotatable bonds is 5. The van der Waals surface area contributed by atoms with Crippen LogP contribution in [0, 0.1) is 5.92 Å². The summed E-state index contributed by atoms with van der Waals surface area (Å²) in [5.74, 6) is 0.0731. The molecule has 3 heteroatoms. The third kappa shape index (κ3) is 2.35. The molecule has 0 aromatic heterocycles. The first kappa shape index (κ1) is 11.0. The molecule has 1 aliphatic carbocycles. The fourth-order valence-electron chi connectivity index (χ4n) is 1.98. The molecule has 1 aliphatic rings. The van der Waals surface area contributed by atoms with Crippen molar-refractivity contribution in [1.82, 2.24) is 0 Å². The van der Waals surface area contributed by atoms with Gasteiger partial charge in [0.2, 0.25) is 0 Å². The van der Waals surface area contributed by atoms with Gasteiger partial charge < -0.3 is 9.84 Å². The van der Waals surface area contributed by atoms with Gasteiger partial charge in [0.15, 0.2) is 0 Å². The number of carboxylic acid groups (broad SMARTS) is 1. The Kier molecular flexibility index (Phi) is 3.13. The molecule has 1 N–H and O–H groups in total. The summed E-state index contributed by atoms with van der Waals surface area (Å²) in [6, 6.07) is 7.42. The molecule has 1 aromatic rings. The lowest BCUT2D eigenvalue weighted by atomic mass is 9.94. The quantitative estimate of drug-likeness (QED) is 0.829. The van der Waals surface area contributed by atoms with Crippen molar-refractivity contribution in [3.05, 3.63) is 29.8 Å². The van der Waals surface area contributed by atoms with Gasteiger partial charge in [-0.25, -0.2) is 0 Å². The van der Waals surface area contributed by atoms with Crippen molar-refractivity contribution in [2.75, 3.05) is 6.61 Å². The van der Waals surface area contributed by atoms with Gasteiger partial charge in [-0.15, -0.1) is 0 Å². The highest BCUT2D eigenvalue weighted by atomic mass is 16.5. The average Bonchev–Trinajstić information content (AvgIpc) is 3.05. The highest BCUT2D eigenvalue weighted by molar-refractivity contribution is 5.77. The molecule has 1 saturated carbocycles. The molecule has 0 saturated heterocycles. The second-order valence-electron chi connectivity index (χ2n) is 4.16. The van der Waals surface area contributed by atoms with Crippen molar-refractivity contribution < 1.29 is 14.6 Å². The lowest BCUT2D eigenvalue weighted by Gasteiger charge is -2.12. The van der Waals surface area contributed by atoms with Crippen LogP contribution in [-0.4, -0.2) is 17.7 Å². The van der Waals surface area contributed by atoms with Crippen molar-refractivity contribution in [2.24, 2.45) is 5.92 Å². The van der Waals surface area contributed by atoms with Crippen LogP contribution >= 0.6 is 0 Å². The third-order valence-corrected chi connectivity index (χ3v) is 2.91. The topological polar surface area (TPSA) is 46.5 Å². The standard InChI is InChI=1S/C13H16O3/c1-2-16-11-7-5-10(6-8-11)12(13(14)15)9-3-4-9/h5-9,12H,2-4H2,1H3,(H,14,15). The Morgan fingerprint density at radius 3 is 2.50 bits per heavy atom. The van der Waals surface area contributed by atoms with Crippen molar-refractivity contribution in [3.8, 4) is 5.75 Å². The van der Waals surface area contributed by atoms with E-state index < -0.39 is 5.97 Å². The summed E-state index contributed by atoms with van der Waals surface area (Å²) in [5, 5.41) is 9.18. The van der Waals surface area contributed by atoms with E-state index >= 15 is 0 Å². The molecule has 1 atom stereocenters. The van der Waals surface area contributed by atoms with E-state index in [1.807, 2.05) is 31.2 Å². The van der Waals surface area contributed by atoms with E-state index in [-0.39, 0.29) is 5.92 Å². The molecule has 0 aliphatic heterocycles. The Morgan fingerprint density at radius 1 is 1.44 bits per heavy atom. The summed E-state index contributed by atoms with van der Waals surface area (Å²) in [7, 11) is 0. The number of aliphatic carboxylic acids is 1. The van der Waals surface area contributed by atoms with Gasteiger partial charge in [0.05, 0.1) is 12.5 Å². The van der Waals surface area contributed by atoms with Crippen molar-refractivity contribution >= 4 is 5.97 Å². The van der Waals surface area contributed by atoms with Gasteiger partial charge in [-0.3, -0.25) is 4.79 Å². The molecule has 0 bridgehead atoms. The summed E-state index contributed by atoms with van der Waals surface area (Å²) in [4.78, 5) is 11.2. The SMILES string of the molecule is CCOc1ccc(C(C(=O)O)C2CC2)cc1. The molecule has 0 radical (unpaired) electrons. The Balaban J connectivity index is 2.15. The highest BCUT2D eigenvalue weighted by Gasteiger charge is 2.37. The molecule has 0 amide bonds. The van der Waals surface area contributed by atoms with Crippen LogP contribution in [0.5, 0.6) is 5.75 Å². The maximum Gasteiger partial charge on any atom is 0.311 e. The highest BCUT2D eigenvalue weighted by Crippen LogP contribution is 2.42. The van der Waals surface area contributed by atoms with Gasteiger partial charge in [-0.2, -0.15) is 0 Å². The lowest BCUT2D eigenvalue weighted by Crippen LogP contribution is -2.13. The molecule has 1 aromatic carbocycles.